The summed E-state index contributed by atoms with van der Waals surface area (Å²) >= 11 is 0. The maximum atomic E-state index is 12.4. The Kier molecular flexibility index (Phi) is 6.18. The van der Waals surface area contributed by atoms with Gasteiger partial charge in [-0.15, -0.1) is 0 Å². The Labute approximate surface area is 176 Å². The van der Waals surface area contributed by atoms with Crippen molar-refractivity contribution < 1.29 is 14.3 Å². The maximum absolute atomic E-state index is 12.4. The summed E-state index contributed by atoms with van der Waals surface area (Å²) in [6.07, 6.45) is 2.10. The van der Waals surface area contributed by atoms with Gasteiger partial charge in [-0.3, -0.25) is 9.59 Å². The number of carbonyl (C=O) groups is 2. The van der Waals surface area contributed by atoms with E-state index in [2.05, 4.69) is 20.9 Å². The van der Waals surface area contributed by atoms with Crippen LogP contribution in [-0.4, -0.2) is 50.7 Å². The van der Waals surface area contributed by atoms with Crippen LogP contribution in [0.1, 0.15) is 28.8 Å². The third kappa shape index (κ3) is 5.30. The van der Waals surface area contributed by atoms with Crippen LogP contribution in [0, 0.1) is 6.92 Å². The Morgan fingerprint density at radius 3 is 2.50 bits per heavy atom. The first-order valence-corrected chi connectivity index (χ1v) is 10.5. The molecule has 0 aromatic heterocycles. The molecule has 2 fully saturated rings. The van der Waals surface area contributed by atoms with E-state index in [-0.39, 0.29) is 18.4 Å². The third-order valence-corrected chi connectivity index (χ3v) is 5.38. The van der Waals surface area contributed by atoms with Crippen LogP contribution in [0.4, 0.5) is 17.1 Å². The molecule has 1 saturated heterocycles. The number of amides is 2. The summed E-state index contributed by atoms with van der Waals surface area (Å²) in [6, 6.07) is 13.7. The van der Waals surface area contributed by atoms with Crippen molar-refractivity contribution in [1.29, 1.82) is 0 Å². The number of anilines is 3. The highest BCUT2D eigenvalue weighted by Crippen LogP contribution is 2.22. The zero-order valence-corrected chi connectivity index (χ0v) is 17.2. The molecular weight excluding hydrogens is 380 g/mol. The molecule has 30 heavy (non-hydrogen) atoms. The van der Waals surface area contributed by atoms with Gasteiger partial charge in [0.2, 0.25) is 5.91 Å². The maximum Gasteiger partial charge on any atom is 0.251 e. The lowest BCUT2D eigenvalue weighted by atomic mass is 10.1. The van der Waals surface area contributed by atoms with Gasteiger partial charge < -0.3 is 25.6 Å². The van der Waals surface area contributed by atoms with E-state index in [1.165, 1.54) is 0 Å². The minimum absolute atomic E-state index is 0.0645. The Morgan fingerprint density at radius 1 is 1.07 bits per heavy atom. The van der Waals surface area contributed by atoms with Crippen molar-refractivity contribution in [1.82, 2.24) is 5.32 Å². The highest BCUT2D eigenvalue weighted by Gasteiger charge is 2.24. The molecule has 0 spiro atoms. The minimum Gasteiger partial charge on any atom is -0.378 e. The average molecular weight is 409 g/mol. The third-order valence-electron chi connectivity index (χ3n) is 5.38. The van der Waals surface area contributed by atoms with Crippen molar-refractivity contribution in [2.24, 2.45) is 0 Å². The number of nitrogens with zero attached hydrogens (tertiary/aromatic N) is 1. The van der Waals surface area contributed by atoms with E-state index < -0.39 is 0 Å². The number of aryl methyl sites for hydroxylation is 1. The number of rotatable bonds is 7. The summed E-state index contributed by atoms with van der Waals surface area (Å²) in [4.78, 5) is 26.9. The second kappa shape index (κ2) is 9.17. The van der Waals surface area contributed by atoms with E-state index in [4.69, 9.17) is 4.74 Å². The number of hydrogen-bond donors (Lipinski definition) is 3. The fourth-order valence-electron chi connectivity index (χ4n) is 3.41. The van der Waals surface area contributed by atoms with Crippen LogP contribution in [0.25, 0.3) is 0 Å². The van der Waals surface area contributed by atoms with Gasteiger partial charge in [0, 0.05) is 41.8 Å². The van der Waals surface area contributed by atoms with Gasteiger partial charge >= 0.3 is 0 Å². The highest BCUT2D eigenvalue weighted by molar-refractivity contribution is 5.96. The van der Waals surface area contributed by atoms with Crippen molar-refractivity contribution in [2.75, 3.05) is 48.4 Å². The quantitative estimate of drug-likeness (QED) is 0.656. The van der Waals surface area contributed by atoms with E-state index >= 15 is 0 Å². The van der Waals surface area contributed by atoms with Crippen LogP contribution >= 0.6 is 0 Å². The smallest absolute Gasteiger partial charge is 0.251 e. The predicted molar refractivity (Wildman–Crippen MR) is 118 cm³/mol. The van der Waals surface area contributed by atoms with Gasteiger partial charge in [0.15, 0.2) is 0 Å². The molecule has 158 valence electrons. The lowest BCUT2D eigenvalue weighted by Crippen LogP contribution is -2.36. The van der Waals surface area contributed by atoms with Crippen molar-refractivity contribution in [3.05, 3.63) is 53.6 Å². The fraction of sp³-hybridized carbons (Fsp3) is 0.391. The molecular formula is C23H28N4O3. The summed E-state index contributed by atoms with van der Waals surface area (Å²) in [5, 5.41) is 9.04. The number of nitrogens with one attached hydrogen (secondary N) is 3. The van der Waals surface area contributed by atoms with Gasteiger partial charge in [-0.05, 0) is 61.7 Å². The number of benzene rings is 2. The van der Waals surface area contributed by atoms with Gasteiger partial charge in [-0.1, -0.05) is 6.07 Å². The molecule has 0 bridgehead atoms. The van der Waals surface area contributed by atoms with Crippen LogP contribution in [-0.2, 0) is 9.53 Å². The number of hydrogen-bond acceptors (Lipinski definition) is 5. The van der Waals surface area contributed by atoms with E-state index in [1.54, 1.807) is 6.07 Å². The first-order valence-electron chi connectivity index (χ1n) is 10.5. The minimum atomic E-state index is -0.138. The summed E-state index contributed by atoms with van der Waals surface area (Å²) in [6.45, 7) is 5.33. The number of morpholine rings is 1. The number of ether oxygens (including phenoxy) is 1. The lowest BCUT2D eigenvalue weighted by molar-refractivity contribution is -0.114. The van der Waals surface area contributed by atoms with Crippen molar-refractivity contribution >= 4 is 28.9 Å². The monoisotopic (exact) mass is 408 g/mol. The van der Waals surface area contributed by atoms with Crippen LogP contribution in [0.3, 0.4) is 0 Å². The zero-order chi connectivity index (χ0) is 20.9. The number of carbonyl (C=O) groups excluding carboxylic acids is 2. The molecule has 7 nitrogen and oxygen atoms in total. The molecule has 2 aliphatic rings. The summed E-state index contributed by atoms with van der Waals surface area (Å²) in [7, 11) is 0. The van der Waals surface area contributed by atoms with Gasteiger partial charge in [0.05, 0.1) is 19.8 Å². The molecule has 2 aromatic carbocycles. The second-order valence-corrected chi connectivity index (χ2v) is 7.83. The van der Waals surface area contributed by atoms with Crippen LogP contribution in [0.15, 0.2) is 42.5 Å². The Morgan fingerprint density at radius 2 is 1.80 bits per heavy atom. The zero-order valence-electron chi connectivity index (χ0n) is 17.2. The SMILES string of the molecule is Cc1ccc(C(=O)NC2CC2)cc1NCC(=O)Nc1ccc(N2CCOCC2)cc1. The van der Waals surface area contributed by atoms with Gasteiger partial charge in [0.1, 0.15) is 0 Å². The van der Waals surface area contributed by atoms with Crippen LogP contribution in [0.2, 0.25) is 0 Å². The molecule has 2 amide bonds. The van der Waals surface area contributed by atoms with Crippen LogP contribution in [0.5, 0.6) is 0 Å². The molecule has 0 atom stereocenters. The molecule has 1 heterocycles. The largest absolute Gasteiger partial charge is 0.378 e. The van der Waals surface area contributed by atoms with Gasteiger partial charge in [-0.25, -0.2) is 0 Å². The van der Waals surface area contributed by atoms with E-state index in [0.29, 0.717) is 11.6 Å². The molecule has 7 heteroatoms. The normalized spacial score (nSPS) is 16.1. The van der Waals surface area contributed by atoms with Gasteiger partial charge in [-0.2, -0.15) is 0 Å². The fourth-order valence-corrected chi connectivity index (χ4v) is 3.41. The standard InChI is InChI=1S/C23H28N4O3/c1-16-2-3-17(23(29)26-19-4-5-19)14-21(16)24-15-22(28)25-18-6-8-20(9-7-18)27-10-12-30-13-11-27/h2-3,6-9,14,19,24H,4-5,10-13,15H2,1H3,(H,25,28)(H,26,29). The van der Waals surface area contributed by atoms with Crippen molar-refractivity contribution in [3.63, 3.8) is 0 Å². The topological polar surface area (TPSA) is 82.7 Å². The molecule has 1 aliphatic heterocycles. The highest BCUT2D eigenvalue weighted by atomic mass is 16.5. The summed E-state index contributed by atoms with van der Waals surface area (Å²) in [5.74, 6) is -0.202. The molecule has 2 aromatic rings. The molecule has 1 aliphatic carbocycles. The summed E-state index contributed by atoms with van der Waals surface area (Å²) < 4.78 is 5.38. The lowest BCUT2D eigenvalue weighted by Gasteiger charge is -2.28. The molecule has 3 N–H and O–H groups in total. The van der Waals surface area contributed by atoms with E-state index in [1.807, 2.05) is 43.3 Å². The molecule has 1 saturated carbocycles. The summed E-state index contributed by atoms with van der Waals surface area (Å²) in [5.41, 5.74) is 4.27. The Balaban J connectivity index is 1.30. The first-order chi connectivity index (χ1) is 14.6. The van der Waals surface area contributed by atoms with E-state index in [9.17, 15) is 9.59 Å². The first kappa shape index (κ1) is 20.2. The molecule has 0 radical (unpaired) electrons. The average Bonchev–Trinajstić information content (AvgIpc) is 3.58. The van der Waals surface area contributed by atoms with Crippen molar-refractivity contribution in [2.45, 2.75) is 25.8 Å². The second-order valence-electron chi connectivity index (χ2n) is 7.83. The van der Waals surface area contributed by atoms with Crippen molar-refractivity contribution in [3.8, 4) is 0 Å². The Bertz CT molecular complexity index is 903. The van der Waals surface area contributed by atoms with Gasteiger partial charge in [0.25, 0.3) is 5.91 Å². The molecule has 4 rings (SSSR count). The predicted octanol–water partition coefficient (Wildman–Crippen LogP) is 2.77. The molecule has 0 unspecified atom stereocenters. The Hall–Kier alpha value is -3.06. The van der Waals surface area contributed by atoms with E-state index in [0.717, 1.165) is 61.8 Å². The van der Waals surface area contributed by atoms with Crippen LogP contribution < -0.4 is 20.9 Å².